The van der Waals surface area contributed by atoms with Crippen molar-refractivity contribution in [2.24, 2.45) is 5.92 Å². The van der Waals surface area contributed by atoms with Crippen molar-refractivity contribution in [3.63, 3.8) is 0 Å². The summed E-state index contributed by atoms with van der Waals surface area (Å²) in [6.45, 7) is 0. The number of nitrogens with zero attached hydrogens (tertiary/aromatic N) is 2. The first-order chi connectivity index (χ1) is 10.1. The van der Waals surface area contributed by atoms with Crippen molar-refractivity contribution in [3.05, 3.63) is 40.6 Å². The van der Waals surface area contributed by atoms with Gasteiger partial charge in [0.05, 0.1) is 4.92 Å². The number of hydrogen-bond donors (Lipinski definition) is 2. The first-order valence-corrected chi connectivity index (χ1v) is 6.59. The van der Waals surface area contributed by atoms with Gasteiger partial charge in [0.15, 0.2) is 0 Å². The van der Waals surface area contributed by atoms with Crippen molar-refractivity contribution >= 4 is 28.2 Å². The van der Waals surface area contributed by atoms with E-state index in [4.69, 9.17) is 0 Å². The third-order valence-electron chi connectivity index (χ3n) is 3.62. The van der Waals surface area contributed by atoms with Gasteiger partial charge in [-0.05, 0) is 24.8 Å². The molecule has 108 valence electrons. The Morgan fingerprint density at radius 2 is 2.19 bits per heavy atom. The molecule has 1 atom stereocenters. The van der Waals surface area contributed by atoms with E-state index in [1.807, 2.05) is 0 Å². The third-order valence-corrected chi connectivity index (χ3v) is 3.62. The number of aliphatic carboxylic acids is 1. The molecule has 2 aromatic rings. The molecule has 1 unspecified atom stereocenters. The van der Waals surface area contributed by atoms with Crippen LogP contribution < -0.4 is 5.32 Å². The van der Waals surface area contributed by atoms with E-state index >= 15 is 0 Å². The zero-order valence-corrected chi connectivity index (χ0v) is 11.0. The summed E-state index contributed by atoms with van der Waals surface area (Å²) >= 11 is 0. The van der Waals surface area contributed by atoms with Crippen molar-refractivity contribution in [2.45, 2.75) is 18.9 Å². The van der Waals surface area contributed by atoms with E-state index in [2.05, 4.69) is 10.3 Å². The minimum atomic E-state index is -0.909. The second-order valence-electron chi connectivity index (χ2n) is 5.09. The predicted molar refractivity (Wildman–Crippen MR) is 76.2 cm³/mol. The average molecular weight is 287 g/mol. The fourth-order valence-corrected chi connectivity index (χ4v) is 2.41. The first-order valence-electron chi connectivity index (χ1n) is 6.59. The van der Waals surface area contributed by atoms with Crippen molar-refractivity contribution < 1.29 is 14.8 Å². The highest BCUT2D eigenvalue weighted by atomic mass is 16.6. The van der Waals surface area contributed by atoms with Gasteiger partial charge in [0.25, 0.3) is 5.69 Å². The van der Waals surface area contributed by atoms with Crippen LogP contribution in [-0.4, -0.2) is 27.0 Å². The number of para-hydroxylation sites is 1. The zero-order chi connectivity index (χ0) is 15.0. The topological polar surface area (TPSA) is 105 Å². The van der Waals surface area contributed by atoms with Gasteiger partial charge in [0.2, 0.25) is 0 Å². The Kier molecular flexibility index (Phi) is 3.17. The van der Waals surface area contributed by atoms with Gasteiger partial charge in [-0.2, -0.15) is 0 Å². The van der Waals surface area contributed by atoms with Gasteiger partial charge in [0, 0.05) is 23.3 Å². The molecule has 1 aromatic carbocycles. The molecule has 21 heavy (non-hydrogen) atoms. The van der Waals surface area contributed by atoms with Crippen LogP contribution >= 0.6 is 0 Å². The Hall–Kier alpha value is -2.70. The van der Waals surface area contributed by atoms with Crippen LogP contribution in [0.4, 0.5) is 11.4 Å². The summed E-state index contributed by atoms with van der Waals surface area (Å²) in [6.07, 6.45) is 3.21. The fraction of sp³-hybridized carbons (Fsp3) is 0.286. The summed E-state index contributed by atoms with van der Waals surface area (Å²) in [4.78, 5) is 25.9. The summed E-state index contributed by atoms with van der Waals surface area (Å²) in [5.41, 5.74) is 0.727. The van der Waals surface area contributed by atoms with Crippen LogP contribution in [0.2, 0.25) is 0 Å². The molecule has 1 heterocycles. The van der Waals surface area contributed by atoms with E-state index in [0.29, 0.717) is 11.1 Å². The molecular formula is C14H13N3O4. The number of nitro groups is 1. The molecule has 1 aliphatic rings. The number of pyridine rings is 1. The van der Waals surface area contributed by atoms with Crippen LogP contribution in [0.3, 0.4) is 0 Å². The normalized spacial score (nSPS) is 15.6. The van der Waals surface area contributed by atoms with Crippen LogP contribution in [0.1, 0.15) is 12.8 Å². The monoisotopic (exact) mass is 287 g/mol. The molecule has 0 bridgehead atoms. The summed E-state index contributed by atoms with van der Waals surface area (Å²) in [7, 11) is 0. The standard InChI is InChI=1S/C14H13N3O4/c18-14(19)12(8-4-5-8)16-10-6-7-15-13-9(10)2-1-3-11(13)17(20)21/h1-3,6-8,12H,4-5H2,(H,15,16)(H,18,19). The number of nitrogens with one attached hydrogen (secondary N) is 1. The van der Waals surface area contributed by atoms with E-state index in [1.165, 1.54) is 12.3 Å². The van der Waals surface area contributed by atoms with Crippen LogP contribution in [-0.2, 0) is 4.79 Å². The summed E-state index contributed by atoms with van der Waals surface area (Å²) in [5.74, 6) is -0.794. The molecule has 1 aliphatic carbocycles. The minimum absolute atomic E-state index is 0.0885. The average Bonchev–Trinajstić information content (AvgIpc) is 3.28. The van der Waals surface area contributed by atoms with Gasteiger partial charge in [-0.15, -0.1) is 0 Å². The van der Waals surface area contributed by atoms with Crippen LogP contribution in [0.15, 0.2) is 30.5 Å². The Morgan fingerprint density at radius 1 is 1.43 bits per heavy atom. The van der Waals surface area contributed by atoms with Gasteiger partial charge in [-0.25, -0.2) is 9.78 Å². The van der Waals surface area contributed by atoms with E-state index in [1.54, 1.807) is 18.2 Å². The summed E-state index contributed by atoms with van der Waals surface area (Å²) in [5, 5.41) is 23.8. The van der Waals surface area contributed by atoms with E-state index in [0.717, 1.165) is 12.8 Å². The maximum atomic E-state index is 11.3. The van der Waals surface area contributed by atoms with E-state index in [-0.39, 0.29) is 17.1 Å². The first kappa shape index (κ1) is 13.3. The maximum Gasteiger partial charge on any atom is 0.326 e. The number of fused-ring (bicyclic) bond motifs is 1. The molecule has 0 aliphatic heterocycles. The molecule has 1 saturated carbocycles. The lowest BCUT2D eigenvalue weighted by atomic mass is 10.1. The van der Waals surface area contributed by atoms with Crippen molar-refractivity contribution in [2.75, 3.05) is 5.32 Å². The summed E-state index contributed by atoms with van der Waals surface area (Å²) in [6, 6.07) is 5.62. The van der Waals surface area contributed by atoms with Crippen LogP contribution in [0.5, 0.6) is 0 Å². The van der Waals surface area contributed by atoms with E-state index in [9.17, 15) is 20.0 Å². The van der Waals surface area contributed by atoms with Gasteiger partial charge in [-0.1, -0.05) is 12.1 Å². The highest BCUT2D eigenvalue weighted by molar-refractivity contribution is 5.97. The molecule has 0 saturated heterocycles. The molecule has 7 nitrogen and oxygen atoms in total. The molecule has 0 spiro atoms. The molecule has 3 rings (SSSR count). The number of anilines is 1. The lowest BCUT2D eigenvalue weighted by molar-refractivity contribution is -0.383. The highest BCUT2D eigenvalue weighted by Gasteiger charge is 2.36. The van der Waals surface area contributed by atoms with Gasteiger partial charge >= 0.3 is 5.97 Å². The number of carbonyl (C=O) groups is 1. The lowest BCUT2D eigenvalue weighted by Crippen LogP contribution is -2.31. The quantitative estimate of drug-likeness (QED) is 0.646. The summed E-state index contributed by atoms with van der Waals surface area (Å²) < 4.78 is 0. The van der Waals surface area contributed by atoms with Crippen LogP contribution in [0, 0.1) is 16.0 Å². The minimum Gasteiger partial charge on any atom is -0.480 e. The molecule has 2 N–H and O–H groups in total. The maximum absolute atomic E-state index is 11.3. The second kappa shape index (κ2) is 5.01. The fourth-order valence-electron chi connectivity index (χ4n) is 2.41. The third kappa shape index (κ3) is 2.49. The number of carboxylic acid groups (broad SMARTS) is 1. The number of nitro benzene ring substituents is 1. The zero-order valence-electron chi connectivity index (χ0n) is 11.0. The van der Waals surface area contributed by atoms with Crippen LogP contribution in [0.25, 0.3) is 10.9 Å². The Balaban J connectivity index is 2.04. The molecule has 7 heteroatoms. The molecule has 1 aromatic heterocycles. The van der Waals surface area contributed by atoms with Crippen molar-refractivity contribution in [3.8, 4) is 0 Å². The lowest BCUT2D eigenvalue weighted by Gasteiger charge is -2.16. The smallest absolute Gasteiger partial charge is 0.326 e. The Morgan fingerprint density at radius 3 is 2.81 bits per heavy atom. The number of non-ortho nitro benzene ring substituents is 1. The SMILES string of the molecule is O=C(O)C(Nc1ccnc2c([N+](=O)[O-])cccc12)C1CC1. The predicted octanol–water partition coefficient (Wildman–Crippen LogP) is 2.42. The van der Waals surface area contributed by atoms with Crippen molar-refractivity contribution in [1.82, 2.24) is 4.98 Å². The largest absolute Gasteiger partial charge is 0.480 e. The highest BCUT2D eigenvalue weighted by Crippen LogP contribution is 2.36. The van der Waals surface area contributed by atoms with Gasteiger partial charge in [-0.3, -0.25) is 10.1 Å². The second-order valence-corrected chi connectivity index (χ2v) is 5.09. The Bertz CT molecular complexity index is 727. The number of carboxylic acids is 1. The number of aromatic nitrogens is 1. The number of hydrogen-bond acceptors (Lipinski definition) is 5. The molecule has 1 fully saturated rings. The molecule has 0 amide bonds. The number of benzene rings is 1. The van der Waals surface area contributed by atoms with E-state index < -0.39 is 16.9 Å². The van der Waals surface area contributed by atoms with Gasteiger partial charge < -0.3 is 10.4 Å². The molecular weight excluding hydrogens is 274 g/mol. The Labute approximate surface area is 119 Å². The number of rotatable bonds is 5. The van der Waals surface area contributed by atoms with Gasteiger partial charge in [0.1, 0.15) is 11.6 Å². The molecule has 0 radical (unpaired) electrons. The van der Waals surface area contributed by atoms with Crippen molar-refractivity contribution in [1.29, 1.82) is 0 Å².